The fraction of sp³-hybridized carbons (Fsp3) is 0.316. The second kappa shape index (κ2) is 8.19. The third-order valence-corrected chi connectivity index (χ3v) is 4.41. The van der Waals surface area contributed by atoms with Crippen LogP contribution in [0.4, 0.5) is 5.82 Å². The van der Waals surface area contributed by atoms with Crippen molar-refractivity contribution in [3.63, 3.8) is 0 Å². The molecule has 1 N–H and O–H groups in total. The first-order chi connectivity index (χ1) is 12.6. The number of rotatable bonds is 7. The van der Waals surface area contributed by atoms with Gasteiger partial charge in [-0.05, 0) is 19.4 Å². The van der Waals surface area contributed by atoms with Crippen LogP contribution in [0.3, 0.4) is 0 Å². The second-order valence-electron chi connectivity index (χ2n) is 5.97. The number of hydrogen-bond donors (Lipinski definition) is 1. The molecule has 0 aliphatic heterocycles. The van der Waals surface area contributed by atoms with Gasteiger partial charge in [-0.15, -0.1) is 5.10 Å². The third-order valence-electron chi connectivity index (χ3n) is 4.01. The number of ether oxygens (including phenoxy) is 1. The van der Waals surface area contributed by atoms with Crippen LogP contribution in [0.1, 0.15) is 18.2 Å². The van der Waals surface area contributed by atoms with E-state index in [1.165, 1.54) is 11.9 Å². The van der Waals surface area contributed by atoms with Gasteiger partial charge in [-0.25, -0.2) is 9.97 Å². The van der Waals surface area contributed by atoms with E-state index in [0.29, 0.717) is 29.9 Å². The third kappa shape index (κ3) is 4.14. The Kier molecular flexibility index (Phi) is 5.73. The number of benzene rings is 1. The van der Waals surface area contributed by atoms with Crippen molar-refractivity contribution in [2.45, 2.75) is 20.3 Å². The summed E-state index contributed by atoms with van der Waals surface area (Å²) in [6.07, 6.45) is 2.28. The van der Waals surface area contributed by atoms with Crippen molar-refractivity contribution in [1.82, 2.24) is 19.7 Å². The molecule has 7 heteroatoms. The molecular weight excluding hydrogens is 350 g/mol. The predicted molar refractivity (Wildman–Crippen MR) is 104 cm³/mol. The lowest BCUT2D eigenvalue weighted by molar-refractivity contribution is 0.316. The molecule has 6 nitrogen and oxygen atoms in total. The Hall–Kier alpha value is -2.60. The molecule has 0 spiro atoms. The highest BCUT2D eigenvalue weighted by Crippen LogP contribution is 2.24. The van der Waals surface area contributed by atoms with Crippen molar-refractivity contribution < 1.29 is 4.74 Å². The predicted octanol–water partition coefficient (Wildman–Crippen LogP) is 3.89. The van der Waals surface area contributed by atoms with Gasteiger partial charge < -0.3 is 10.1 Å². The Morgan fingerprint density at radius 1 is 1.23 bits per heavy atom. The van der Waals surface area contributed by atoms with E-state index in [-0.39, 0.29) is 0 Å². The van der Waals surface area contributed by atoms with Crippen molar-refractivity contribution in [3.05, 3.63) is 52.9 Å². The second-order valence-corrected chi connectivity index (χ2v) is 6.35. The van der Waals surface area contributed by atoms with Crippen molar-refractivity contribution in [2.24, 2.45) is 7.05 Å². The van der Waals surface area contributed by atoms with E-state index in [4.69, 9.17) is 16.3 Å². The largest absolute Gasteiger partial charge is 0.475 e. The van der Waals surface area contributed by atoms with E-state index in [1.54, 1.807) is 0 Å². The minimum absolute atomic E-state index is 0.450. The van der Waals surface area contributed by atoms with E-state index in [2.05, 4.69) is 45.5 Å². The van der Waals surface area contributed by atoms with Gasteiger partial charge in [-0.3, -0.25) is 4.68 Å². The molecule has 0 saturated heterocycles. The first-order valence-corrected chi connectivity index (χ1v) is 8.93. The lowest BCUT2D eigenvalue weighted by Gasteiger charge is -2.09. The van der Waals surface area contributed by atoms with E-state index < -0.39 is 0 Å². The highest BCUT2D eigenvalue weighted by molar-refractivity contribution is 6.33. The van der Waals surface area contributed by atoms with Gasteiger partial charge in [0.05, 0.1) is 17.9 Å². The minimum atomic E-state index is 0.450. The average molecular weight is 372 g/mol. The Balaban J connectivity index is 1.59. The Morgan fingerprint density at radius 2 is 2.08 bits per heavy atom. The maximum atomic E-state index is 6.27. The summed E-state index contributed by atoms with van der Waals surface area (Å²) in [6.45, 7) is 5.10. The summed E-state index contributed by atoms with van der Waals surface area (Å²) in [5.41, 5.74) is 4.18. The number of halogens is 1. The van der Waals surface area contributed by atoms with Crippen LogP contribution in [0.5, 0.6) is 5.88 Å². The van der Waals surface area contributed by atoms with E-state index >= 15 is 0 Å². The van der Waals surface area contributed by atoms with Crippen LogP contribution in [0.25, 0.3) is 11.3 Å². The minimum Gasteiger partial charge on any atom is -0.475 e. The molecule has 136 valence electrons. The first kappa shape index (κ1) is 18.2. The van der Waals surface area contributed by atoms with Crippen LogP contribution in [0.2, 0.25) is 5.02 Å². The molecule has 0 atom stereocenters. The van der Waals surface area contributed by atoms with Gasteiger partial charge >= 0.3 is 0 Å². The van der Waals surface area contributed by atoms with Crippen LogP contribution in [0.15, 0.2) is 36.7 Å². The molecule has 0 unspecified atom stereocenters. The highest BCUT2D eigenvalue weighted by Gasteiger charge is 2.10. The van der Waals surface area contributed by atoms with Crippen molar-refractivity contribution in [3.8, 4) is 17.1 Å². The van der Waals surface area contributed by atoms with Crippen molar-refractivity contribution >= 4 is 17.4 Å². The zero-order valence-corrected chi connectivity index (χ0v) is 15.9. The molecule has 0 amide bonds. The molecule has 0 aliphatic rings. The molecule has 0 saturated carbocycles. The topological polar surface area (TPSA) is 64.9 Å². The molecule has 2 heterocycles. The van der Waals surface area contributed by atoms with Crippen LogP contribution < -0.4 is 10.1 Å². The molecule has 1 aromatic carbocycles. The zero-order chi connectivity index (χ0) is 18.5. The van der Waals surface area contributed by atoms with Crippen molar-refractivity contribution in [1.29, 1.82) is 0 Å². The number of nitrogens with one attached hydrogen (secondary N) is 1. The van der Waals surface area contributed by atoms with Crippen molar-refractivity contribution in [2.75, 3.05) is 18.5 Å². The zero-order valence-electron chi connectivity index (χ0n) is 15.2. The van der Waals surface area contributed by atoms with Gasteiger partial charge in [0.1, 0.15) is 23.8 Å². The fourth-order valence-electron chi connectivity index (χ4n) is 2.69. The lowest BCUT2D eigenvalue weighted by Crippen LogP contribution is -2.13. The van der Waals surface area contributed by atoms with E-state index in [1.807, 2.05) is 30.8 Å². The number of nitrogens with zero attached hydrogens (tertiary/aromatic N) is 4. The molecule has 0 aliphatic carbocycles. The van der Waals surface area contributed by atoms with Crippen LogP contribution in [-0.4, -0.2) is 32.9 Å². The molecular formula is C19H22ClN5O. The molecule has 0 bridgehead atoms. The molecule has 2 aromatic heterocycles. The summed E-state index contributed by atoms with van der Waals surface area (Å²) in [5, 5.41) is 8.16. The number of aromatic nitrogens is 4. The van der Waals surface area contributed by atoms with Gasteiger partial charge in [0.25, 0.3) is 0 Å². The SMILES string of the molecule is CCc1ncnc(NCCOc2cc(-c3cccc(C)c3)n(C)n2)c1Cl. The van der Waals surface area contributed by atoms with Crippen LogP contribution >= 0.6 is 11.6 Å². The molecule has 3 aromatic rings. The Bertz CT molecular complexity index is 893. The van der Waals surface area contributed by atoms with Gasteiger partial charge in [0.15, 0.2) is 0 Å². The summed E-state index contributed by atoms with van der Waals surface area (Å²) in [5.74, 6) is 1.22. The fourth-order valence-corrected chi connectivity index (χ4v) is 2.99. The van der Waals surface area contributed by atoms with E-state index in [9.17, 15) is 0 Å². The molecule has 0 fully saturated rings. The van der Waals surface area contributed by atoms with Crippen LogP contribution in [0, 0.1) is 6.92 Å². The van der Waals surface area contributed by atoms with E-state index in [0.717, 1.165) is 23.4 Å². The van der Waals surface area contributed by atoms with Gasteiger partial charge in [-0.1, -0.05) is 42.3 Å². The number of anilines is 1. The maximum absolute atomic E-state index is 6.27. The summed E-state index contributed by atoms with van der Waals surface area (Å²) < 4.78 is 7.58. The summed E-state index contributed by atoms with van der Waals surface area (Å²) in [7, 11) is 1.91. The quantitative estimate of drug-likeness (QED) is 0.638. The Morgan fingerprint density at radius 3 is 2.85 bits per heavy atom. The maximum Gasteiger partial charge on any atom is 0.233 e. The smallest absolute Gasteiger partial charge is 0.233 e. The normalized spacial score (nSPS) is 10.8. The first-order valence-electron chi connectivity index (χ1n) is 8.55. The molecule has 3 rings (SSSR count). The Labute approximate surface area is 158 Å². The van der Waals surface area contributed by atoms with Gasteiger partial charge in [-0.2, -0.15) is 0 Å². The number of hydrogen-bond acceptors (Lipinski definition) is 5. The highest BCUT2D eigenvalue weighted by atomic mass is 35.5. The van der Waals surface area contributed by atoms with Gasteiger partial charge in [0.2, 0.25) is 5.88 Å². The monoisotopic (exact) mass is 371 g/mol. The number of aryl methyl sites for hydroxylation is 3. The average Bonchev–Trinajstić information content (AvgIpc) is 3.00. The molecule has 0 radical (unpaired) electrons. The summed E-state index contributed by atoms with van der Waals surface area (Å²) in [6, 6.07) is 10.3. The van der Waals surface area contributed by atoms with Gasteiger partial charge in [0, 0.05) is 18.7 Å². The standard InChI is InChI=1S/C19H22ClN5O/c1-4-15-18(20)19(23-12-22-15)21-8-9-26-17-11-16(25(3)24-17)14-7-5-6-13(2)10-14/h5-7,10-12H,4,8-9H2,1-3H3,(H,21,22,23). The summed E-state index contributed by atoms with van der Waals surface area (Å²) in [4.78, 5) is 8.32. The molecule has 26 heavy (non-hydrogen) atoms. The lowest BCUT2D eigenvalue weighted by atomic mass is 10.1. The van der Waals surface area contributed by atoms with Crippen LogP contribution in [-0.2, 0) is 13.5 Å². The summed E-state index contributed by atoms with van der Waals surface area (Å²) >= 11 is 6.27.